The minimum Gasteiger partial charge on any atom is -0.311 e. The van der Waals surface area contributed by atoms with Gasteiger partial charge in [0.15, 0.2) is 0 Å². The molecule has 4 aliphatic carbocycles. The van der Waals surface area contributed by atoms with Crippen molar-refractivity contribution in [3.05, 3.63) is 29.3 Å². The van der Waals surface area contributed by atoms with Crippen LogP contribution < -0.4 is 4.90 Å². The average molecular weight is 349 g/mol. The third kappa shape index (κ3) is 2.34. The molecule has 25 heavy (non-hydrogen) atoms. The first-order chi connectivity index (χ1) is 11.8. The number of carbonyl (C=O) groups excluding carboxylic acids is 1. The van der Waals surface area contributed by atoms with E-state index >= 15 is 0 Å². The number of hydrogen-bond acceptors (Lipinski definition) is 1. The van der Waals surface area contributed by atoms with E-state index in [-0.39, 0.29) is 11.3 Å². The second kappa shape index (κ2) is 5.01. The highest BCUT2D eigenvalue weighted by molar-refractivity contribution is 5.99. The van der Waals surface area contributed by atoms with Crippen molar-refractivity contribution in [2.75, 3.05) is 11.4 Å². The lowest BCUT2D eigenvalue weighted by Gasteiger charge is -2.56. The fraction of sp³-hybridized carbons (Fsp3) is 0.650. The van der Waals surface area contributed by atoms with Crippen LogP contribution in [0, 0.1) is 23.2 Å². The molecule has 0 radical (unpaired) electrons. The number of nitrogens with zero attached hydrogens (tertiary/aromatic N) is 1. The Morgan fingerprint density at radius 2 is 1.64 bits per heavy atom. The highest BCUT2D eigenvalue weighted by atomic mass is 19.4. The normalized spacial score (nSPS) is 36.0. The summed E-state index contributed by atoms with van der Waals surface area (Å²) in [6.07, 6.45) is 2.89. The fourth-order valence-electron chi connectivity index (χ4n) is 6.43. The summed E-state index contributed by atoms with van der Waals surface area (Å²) in [7, 11) is 0. The molecular weight excluding hydrogens is 327 g/mol. The van der Waals surface area contributed by atoms with Crippen molar-refractivity contribution in [2.24, 2.45) is 23.2 Å². The van der Waals surface area contributed by atoms with Gasteiger partial charge in [-0.25, -0.2) is 0 Å². The monoisotopic (exact) mass is 349 g/mol. The smallest absolute Gasteiger partial charge is 0.311 e. The summed E-state index contributed by atoms with van der Waals surface area (Å²) < 4.78 is 39.3. The molecule has 0 saturated heterocycles. The first-order valence-electron chi connectivity index (χ1n) is 9.36. The molecule has 4 fully saturated rings. The van der Waals surface area contributed by atoms with Crippen molar-refractivity contribution >= 4 is 11.6 Å². The number of rotatable bonds is 1. The zero-order valence-electron chi connectivity index (χ0n) is 14.1. The minimum atomic E-state index is -4.37. The van der Waals surface area contributed by atoms with Gasteiger partial charge in [-0.15, -0.1) is 0 Å². The number of hydrogen-bond donors (Lipinski definition) is 0. The van der Waals surface area contributed by atoms with Crippen molar-refractivity contribution in [1.29, 1.82) is 0 Å². The Kier molecular flexibility index (Phi) is 3.15. The molecular formula is C20H22F3NO. The summed E-state index contributed by atoms with van der Waals surface area (Å²) in [6.45, 7) is 0.525. The molecule has 0 N–H and O–H groups in total. The molecule has 2 nitrogen and oxygen atoms in total. The molecule has 1 aromatic carbocycles. The highest BCUT2D eigenvalue weighted by Crippen LogP contribution is 2.61. The molecule has 1 aromatic rings. The van der Waals surface area contributed by atoms with E-state index in [0.717, 1.165) is 30.9 Å². The second-order valence-corrected chi connectivity index (χ2v) is 8.75. The topological polar surface area (TPSA) is 20.3 Å². The Bertz CT molecular complexity index is 704. The van der Waals surface area contributed by atoms with Crippen LogP contribution in [0.25, 0.3) is 0 Å². The van der Waals surface area contributed by atoms with E-state index in [9.17, 15) is 18.0 Å². The van der Waals surface area contributed by atoms with Crippen LogP contribution in [0.2, 0.25) is 0 Å². The lowest BCUT2D eigenvalue weighted by atomic mass is 9.49. The van der Waals surface area contributed by atoms with E-state index in [1.807, 2.05) is 0 Å². The summed E-state index contributed by atoms with van der Waals surface area (Å²) >= 11 is 0. The highest BCUT2D eigenvalue weighted by Gasteiger charge is 2.56. The molecule has 5 heteroatoms. The van der Waals surface area contributed by atoms with Crippen molar-refractivity contribution in [3.8, 4) is 0 Å². The fourth-order valence-corrected chi connectivity index (χ4v) is 6.43. The van der Waals surface area contributed by atoms with Gasteiger partial charge >= 0.3 is 6.18 Å². The molecule has 0 spiro atoms. The first kappa shape index (κ1) is 15.7. The molecule has 4 bridgehead atoms. The van der Waals surface area contributed by atoms with Crippen molar-refractivity contribution in [1.82, 2.24) is 0 Å². The van der Waals surface area contributed by atoms with Crippen molar-refractivity contribution in [3.63, 3.8) is 0 Å². The molecule has 134 valence electrons. The lowest BCUT2D eigenvalue weighted by molar-refractivity contribution is -0.143. The second-order valence-electron chi connectivity index (χ2n) is 8.75. The number of alkyl halides is 3. The summed E-state index contributed by atoms with van der Waals surface area (Å²) in [6, 6.07) is 3.86. The van der Waals surface area contributed by atoms with E-state index < -0.39 is 11.7 Å². The van der Waals surface area contributed by atoms with Gasteiger partial charge in [0, 0.05) is 12.2 Å². The summed E-state index contributed by atoms with van der Waals surface area (Å²) in [5.41, 5.74) is 0.406. The maximum absolute atomic E-state index is 13.5. The van der Waals surface area contributed by atoms with Gasteiger partial charge in [-0.2, -0.15) is 13.2 Å². The standard InChI is InChI=1S/C20H22F3NO/c21-20(22,23)16-2-1-15-3-4-24(17(15)8-16)18(25)19-9-12-5-13(10-19)7-14(6-12)11-19/h1-2,8,12-14H,3-7,9-11H2. The predicted octanol–water partition coefficient (Wildman–Crippen LogP) is 4.81. The largest absolute Gasteiger partial charge is 0.416 e. The number of amides is 1. The SMILES string of the molecule is O=C(N1CCc2ccc(C(F)(F)F)cc21)C12CC3CC(CC(C3)C1)C2. The third-order valence-electron chi connectivity index (χ3n) is 7.05. The zero-order chi connectivity index (χ0) is 17.4. The van der Waals surface area contributed by atoms with Gasteiger partial charge in [-0.3, -0.25) is 4.79 Å². The number of carbonyl (C=O) groups is 1. The zero-order valence-corrected chi connectivity index (χ0v) is 14.1. The third-order valence-corrected chi connectivity index (χ3v) is 7.05. The maximum atomic E-state index is 13.5. The summed E-state index contributed by atoms with van der Waals surface area (Å²) in [5, 5.41) is 0. The van der Waals surface area contributed by atoms with Crippen LogP contribution in [-0.4, -0.2) is 12.5 Å². The van der Waals surface area contributed by atoms with Gasteiger partial charge in [0.05, 0.1) is 11.0 Å². The van der Waals surface area contributed by atoms with Gasteiger partial charge in [0.25, 0.3) is 0 Å². The minimum absolute atomic E-state index is 0.102. The quantitative estimate of drug-likeness (QED) is 0.712. The molecule has 1 aliphatic heterocycles. The molecule has 1 heterocycles. The van der Waals surface area contributed by atoms with Crippen molar-refractivity contribution < 1.29 is 18.0 Å². The predicted molar refractivity (Wildman–Crippen MR) is 88.1 cm³/mol. The Balaban J connectivity index is 1.49. The Morgan fingerprint density at radius 3 is 2.20 bits per heavy atom. The van der Waals surface area contributed by atoms with Crippen LogP contribution in [0.4, 0.5) is 18.9 Å². The van der Waals surface area contributed by atoms with Crippen LogP contribution in [0.5, 0.6) is 0 Å². The Hall–Kier alpha value is -1.52. The molecule has 6 rings (SSSR count). The van der Waals surface area contributed by atoms with E-state index in [1.54, 1.807) is 11.0 Å². The number of benzene rings is 1. The molecule has 0 aromatic heterocycles. The van der Waals surface area contributed by atoms with Gasteiger partial charge < -0.3 is 4.90 Å². The van der Waals surface area contributed by atoms with Gasteiger partial charge in [0.1, 0.15) is 0 Å². The number of halogens is 3. The van der Waals surface area contributed by atoms with Crippen LogP contribution in [0.15, 0.2) is 18.2 Å². The molecule has 1 amide bonds. The Morgan fingerprint density at radius 1 is 1.04 bits per heavy atom. The molecule has 4 saturated carbocycles. The lowest BCUT2D eigenvalue weighted by Crippen LogP contribution is -2.54. The Labute approximate surface area is 145 Å². The molecule has 0 unspecified atom stereocenters. The van der Waals surface area contributed by atoms with Crippen LogP contribution in [0.1, 0.15) is 49.7 Å². The average Bonchev–Trinajstić information content (AvgIpc) is 2.95. The van der Waals surface area contributed by atoms with Gasteiger partial charge in [-0.1, -0.05) is 6.07 Å². The van der Waals surface area contributed by atoms with Crippen LogP contribution >= 0.6 is 0 Å². The van der Waals surface area contributed by atoms with Crippen LogP contribution in [0.3, 0.4) is 0 Å². The number of anilines is 1. The van der Waals surface area contributed by atoms with E-state index in [1.165, 1.54) is 25.3 Å². The van der Waals surface area contributed by atoms with E-state index in [0.29, 0.717) is 36.4 Å². The van der Waals surface area contributed by atoms with Crippen molar-refractivity contribution in [2.45, 2.75) is 51.1 Å². The number of fused-ring (bicyclic) bond motifs is 1. The maximum Gasteiger partial charge on any atom is 0.416 e. The van der Waals surface area contributed by atoms with E-state index in [4.69, 9.17) is 0 Å². The van der Waals surface area contributed by atoms with Gasteiger partial charge in [0.2, 0.25) is 5.91 Å². The van der Waals surface area contributed by atoms with Gasteiger partial charge in [-0.05, 0) is 80.4 Å². The summed E-state index contributed by atoms with van der Waals surface area (Å²) in [5.74, 6) is 2.06. The van der Waals surface area contributed by atoms with E-state index in [2.05, 4.69) is 0 Å². The summed E-state index contributed by atoms with van der Waals surface area (Å²) in [4.78, 5) is 15.1. The molecule has 5 aliphatic rings. The molecule has 0 atom stereocenters. The van der Waals surface area contributed by atoms with Crippen LogP contribution in [-0.2, 0) is 17.4 Å². The first-order valence-corrected chi connectivity index (χ1v) is 9.36.